The zero-order valence-corrected chi connectivity index (χ0v) is 16.4. The SMILES string of the molecule is CC(C)Oc1ccccc1NC(=O)C(C)Oc1ccc(-c2ccccc2)cc1. The Balaban J connectivity index is 1.63. The standard InChI is InChI=1S/C24H25NO3/c1-17(2)27-23-12-8-7-11-22(23)25-24(26)18(3)28-21-15-13-20(14-16-21)19-9-5-4-6-10-19/h4-18H,1-3H3,(H,25,26). The summed E-state index contributed by atoms with van der Waals surface area (Å²) in [5, 5.41) is 2.88. The third-order valence-electron chi connectivity index (χ3n) is 4.15. The molecule has 0 fully saturated rings. The molecule has 4 nitrogen and oxygen atoms in total. The molecule has 1 atom stereocenters. The van der Waals surface area contributed by atoms with Gasteiger partial charge in [0.2, 0.25) is 0 Å². The van der Waals surface area contributed by atoms with Crippen LogP contribution in [0.2, 0.25) is 0 Å². The highest BCUT2D eigenvalue weighted by Gasteiger charge is 2.17. The van der Waals surface area contributed by atoms with E-state index in [1.54, 1.807) is 6.92 Å². The smallest absolute Gasteiger partial charge is 0.265 e. The van der Waals surface area contributed by atoms with E-state index in [1.165, 1.54) is 0 Å². The molecule has 0 aliphatic rings. The fourth-order valence-electron chi connectivity index (χ4n) is 2.78. The van der Waals surface area contributed by atoms with Crippen LogP contribution in [-0.4, -0.2) is 18.1 Å². The van der Waals surface area contributed by atoms with Crippen LogP contribution >= 0.6 is 0 Å². The molecule has 3 rings (SSSR count). The maximum Gasteiger partial charge on any atom is 0.265 e. The maximum atomic E-state index is 12.6. The monoisotopic (exact) mass is 375 g/mol. The van der Waals surface area contributed by atoms with Crippen molar-refractivity contribution in [3.05, 3.63) is 78.9 Å². The molecule has 0 saturated heterocycles. The summed E-state index contributed by atoms with van der Waals surface area (Å²) in [5.74, 6) is 1.06. The first kappa shape index (κ1) is 19.5. The van der Waals surface area contributed by atoms with E-state index >= 15 is 0 Å². The summed E-state index contributed by atoms with van der Waals surface area (Å²) >= 11 is 0. The van der Waals surface area contributed by atoms with E-state index in [9.17, 15) is 4.79 Å². The van der Waals surface area contributed by atoms with E-state index in [1.807, 2.05) is 80.6 Å². The molecular weight excluding hydrogens is 350 g/mol. The number of anilines is 1. The number of hydrogen-bond donors (Lipinski definition) is 1. The van der Waals surface area contributed by atoms with Crippen molar-refractivity contribution < 1.29 is 14.3 Å². The summed E-state index contributed by atoms with van der Waals surface area (Å²) in [5.41, 5.74) is 2.88. The number of hydrogen-bond acceptors (Lipinski definition) is 3. The molecule has 0 spiro atoms. The average molecular weight is 375 g/mol. The average Bonchev–Trinajstić information content (AvgIpc) is 2.70. The number of nitrogens with one attached hydrogen (secondary N) is 1. The van der Waals surface area contributed by atoms with E-state index in [4.69, 9.17) is 9.47 Å². The summed E-state index contributed by atoms with van der Waals surface area (Å²) in [6.45, 7) is 5.62. The summed E-state index contributed by atoms with van der Waals surface area (Å²) in [6, 6.07) is 25.2. The minimum Gasteiger partial charge on any atom is -0.489 e. The molecule has 1 amide bonds. The minimum absolute atomic E-state index is 0.0230. The summed E-state index contributed by atoms with van der Waals surface area (Å²) in [6.07, 6.45) is -0.621. The van der Waals surface area contributed by atoms with Gasteiger partial charge < -0.3 is 14.8 Å². The Morgan fingerprint density at radius 3 is 2.04 bits per heavy atom. The van der Waals surface area contributed by atoms with Gasteiger partial charge in [-0.2, -0.15) is 0 Å². The predicted molar refractivity (Wildman–Crippen MR) is 113 cm³/mol. The van der Waals surface area contributed by atoms with Crippen LogP contribution in [0.5, 0.6) is 11.5 Å². The van der Waals surface area contributed by atoms with Gasteiger partial charge in [-0.1, -0.05) is 54.6 Å². The normalized spacial score (nSPS) is 11.7. The second-order valence-electron chi connectivity index (χ2n) is 6.80. The highest BCUT2D eigenvalue weighted by atomic mass is 16.5. The first-order valence-corrected chi connectivity index (χ1v) is 9.41. The van der Waals surface area contributed by atoms with Crippen LogP contribution in [0, 0.1) is 0 Å². The number of carbonyl (C=O) groups is 1. The molecule has 4 heteroatoms. The Morgan fingerprint density at radius 1 is 0.750 bits per heavy atom. The molecule has 0 bridgehead atoms. The fraction of sp³-hybridized carbons (Fsp3) is 0.208. The molecule has 0 aliphatic carbocycles. The summed E-state index contributed by atoms with van der Waals surface area (Å²) < 4.78 is 11.6. The van der Waals surface area contributed by atoms with Crippen LogP contribution in [0.1, 0.15) is 20.8 Å². The first-order valence-electron chi connectivity index (χ1n) is 9.41. The molecule has 1 N–H and O–H groups in total. The molecule has 3 aromatic carbocycles. The van der Waals surface area contributed by atoms with Gasteiger partial charge in [0.05, 0.1) is 11.8 Å². The number of benzene rings is 3. The van der Waals surface area contributed by atoms with Gasteiger partial charge in [0.1, 0.15) is 11.5 Å². The highest BCUT2D eigenvalue weighted by molar-refractivity contribution is 5.95. The van der Waals surface area contributed by atoms with E-state index in [2.05, 4.69) is 17.4 Å². The van der Waals surface area contributed by atoms with Crippen LogP contribution in [-0.2, 0) is 4.79 Å². The lowest BCUT2D eigenvalue weighted by molar-refractivity contribution is -0.122. The number of amides is 1. The molecule has 0 radical (unpaired) electrons. The predicted octanol–water partition coefficient (Wildman–Crippen LogP) is 5.55. The lowest BCUT2D eigenvalue weighted by atomic mass is 10.1. The topological polar surface area (TPSA) is 47.6 Å². The summed E-state index contributed by atoms with van der Waals surface area (Å²) in [7, 11) is 0. The minimum atomic E-state index is -0.644. The van der Waals surface area contributed by atoms with Crippen molar-refractivity contribution in [3.8, 4) is 22.6 Å². The molecular formula is C24H25NO3. The summed E-state index contributed by atoms with van der Waals surface area (Å²) in [4.78, 5) is 12.6. The van der Waals surface area contributed by atoms with Crippen molar-refractivity contribution in [2.45, 2.75) is 33.0 Å². The van der Waals surface area contributed by atoms with Crippen LogP contribution in [0.4, 0.5) is 5.69 Å². The Hall–Kier alpha value is -3.27. The lowest BCUT2D eigenvalue weighted by Gasteiger charge is -2.18. The van der Waals surface area contributed by atoms with Crippen molar-refractivity contribution >= 4 is 11.6 Å². The van der Waals surface area contributed by atoms with Crippen molar-refractivity contribution in [1.82, 2.24) is 0 Å². The van der Waals surface area contributed by atoms with E-state index in [0.717, 1.165) is 11.1 Å². The van der Waals surface area contributed by atoms with Gasteiger partial charge in [0, 0.05) is 0 Å². The van der Waals surface area contributed by atoms with Gasteiger partial charge in [0.15, 0.2) is 6.10 Å². The quantitative estimate of drug-likeness (QED) is 0.589. The molecule has 0 heterocycles. The Kier molecular flexibility index (Phi) is 6.33. The Bertz CT molecular complexity index is 905. The van der Waals surface area contributed by atoms with E-state index in [-0.39, 0.29) is 12.0 Å². The third-order valence-corrected chi connectivity index (χ3v) is 4.15. The molecule has 0 aliphatic heterocycles. The zero-order chi connectivity index (χ0) is 19.9. The van der Waals surface area contributed by atoms with Crippen LogP contribution in [0.25, 0.3) is 11.1 Å². The van der Waals surface area contributed by atoms with Crippen molar-refractivity contribution in [3.63, 3.8) is 0 Å². The van der Waals surface area contributed by atoms with Crippen molar-refractivity contribution in [2.24, 2.45) is 0 Å². The number of para-hydroxylation sites is 2. The first-order chi connectivity index (χ1) is 13.5. The highest BCUT2D eigenvalue weighted by Crippen LogP contribution is 2.26. The van der Waals surface area contributed by atoms with Crippen molar-refractivity contribution in [2.75, 3.05) is 5.32 Å². The van der Waals surface area contributed by atoms with Gasteiger partial charge >= 0.3 is 0 Å². The van der Waals surface area contributed by atoms with Crippen LogP contribution in [0.3, 0.4) is 0 Å². The number of rotatable bonds is 7. The third kappa shape index (κ3) is 5.13. The molecule has 28 heavy (non-hydrogen) atoms. The Morgan fingerprint density at radius 2 is 1.36 bits per heavy atom. The zero-order valence-electron chi connectivity index (χ0n) is 16.4. The lowest BCUT2D eigenvalue weighted by Crippen LogP contribution is -2.30. The van der Waals surface area contributed by atoms with E-state index < -0.39 is 6.10 Å². The van der Waals surface area contributed by atoms with E-state index in [0.29, 0.717) is 17.2 Å². The molecule has 0 saturated carbocycles. The number of ether oxygens (including phenoxy) is 2. The van der Waals surface area contributed by atoms with Gasteiger partial charge in [-0.15, -0.1) is 0 Å². The number of carbonyl (C=O) groups excluding carboxylic acids is 1. The Labute approximate surface area is 166 Å². The molecule has 1 unspecified atom stereocenters. The molecule has 0 aromatic heterocycles. The maximum absolute atomic E-state index is 12.6. The van der Waals surface area contributed by atoms with Crippen molar-refractivity contribution in [1.29, 1.82) is 0 Å². The van der Waals surface area contributed by atoms with Gasteiger partial charge in [-0.3, -0.25) is 4.79 Å². The fourth-order valence-corrected chi connectivity index (χ4v) is 2.78. The molecule has 3 aromatic rings. The second-order valence-corrected chi connectivity index (χ2v) is 6.80. The second kappa shape index (κ2) is 9.09. The van der Waals surface area contributed by atoms with Crippen LogP contribution < -0.4 is 14.8 Å². The van der Waals surface area contributed by atoms with Gasteiger partial charge in [0.25, 0.3) is 5.91 Å². The van der Waals surface area contributed by atoms with Gasteiger partial charge in [-0.05, 0) is 56.2 Å². The molecule has 144 valence electrons. The largest absolute Gasteiger partial charge is 0.489 e. The van der Waals surface area contributed by atoms with Crippen LogP contribution in [0.15, 0.2) is 78.9 Å². The van der Waals surface area contributed by atoms with Gasteiger partial charge in [-0.25, -0.2) is 0 Å².